The smallest absolute Gasteiger partial charge is 0.261 e. The summed E-state index contributed by atoms with van der Waals surface area (Å²) in [5.41, 5.74) is 1.60. The van der Waals surface area contributed by atoms with E-state index in [1.807, 2.05) is 4.90 Å². The van der Waals surface area contributed by atoms with Gasteiger partial charge in [0, 0.05) is 23.7 Å². The lowest BCUT2D eigenvalue weighted by molar-refractivity contribution is 0.0724. The molecule has 0 bridgehead atoms. The van der Waals surface area contributed by atoms with Gasteiger partial charge in [0.15, 0.2) is 0 Å². The van der Waals surface area contributed by atoms with Crippen LogP contribution in [-0.4, -0.2) is 32.3 Å². The number of rotatable bonds is 4. The summed E-state index contributed by atoms with van der Waals surface area (Å²) in [4.78, 5) is 14.4. The Morgan fingerprint density at radius 1 is 1.04 bits per heavy atom. The molecule has 7 heteroatoms. The number of piperidine rings is 1. The van der Waals surface area contributed by atoms with Crippen LogP contribution in [0.1, 0.15) is 35.2 Å². The highest BCUT2D eigenvalue weighted by Gasteiger charge is 2.20. The average molecular weight is 393 g/mol. The van der Waals surface area contributed by atoms with Gasteiger partial charge >= 0.3 is 0 Å². The van der Waals surface area contributed by atoms with E-state index in [1.54, 1.807) is 37.3 Å². The summed E-state index contributed by atoms with van der Waals surface area (Å²) in [7, 11) is -3.75. The summed E-state index contributed by atoms with van der Waals surface area (Å²) in [5, 5.41) is 0.493. The molecule has 5 nitrogen and oxygen atoms in total. The van der Waals surface area contributed by atoms with Crippen molar-refractivity contribution < 1.29 is 13.2 Å². The SMILES string of the molecule is Cc1c(Cl)cccc1NS(=O)(=O)c1ccc(C(=O)N2CCCCC2)cc1. The minimum Gasteiger partial charge on any atom is -0.339 e. The van der Waals surface area contributed by atoms with Crippen LogP contribution in [0.2, 0.25) is 5.02 Å². The Hall–Kier alpha value is -2.05. The van der Waals surface area contributed by atoms with Crippen molar-refractivity contribution in [2.45, 2.75) is 31.1 Å². The number of hydrogen-bond donors (Lipinski definition) is 1. The third-order valence-corrected chi connectivity index (χ3v) is 6.36. The van der Waals surface area contributed by atoms with E-state index in [4.69, 9.17) is 11.6 Å². The Balaban J connectivity index is 1.78. The van der Waals surface area contributed by atoms with Gasteiger partial charge in [0.05, 0.1) is 10.6 Å². The van der Waals surface area contributed by atoms with Crippen molar-refractivity contribution in [3.8, 4) is 0 Å². The summed E-state index contributed by atoms with van der Waals surface area (Å²) in [5.74, 6) is -0.0488. The van der Waals surface area contributed by atoms with Gasteiger partial charge in [-0.2, -0.15) is 0 Å². The largest absolute Gasteiger partial charge is 0.339 e. The van der Waals surface area contributed by atoms with Gasteiger partial charge in [0.25, 0.3) is 15.9 Å². The second kappa shape index (κ2) is 7.68. The van der Waals surface area contributed by atoms with Crippen LogP contribution in [0.4, 0.5) is 5.69 Å². The summed E-state index contributed by atoms with van der Waals surface area (Å²) >= 11 is 6.04. The van der Waals surface area contributed by atoms with Crippen molar-refractivity contribution in [2.75, 3.05) is 17.8 Å². The molecule has 26 heavy (non-hydrogen) atoms. The van der Waals surface area contributed by atoms with E-state index >= 15 is 0 Å². The number of amides is 1. The van der Waals surface area contributed by atoms with Crippen molar-refractivity contribution in [2.24, 2.45) is 0 Å². The lowest BCUT2D eigenvalue weighted by Gasteiger charge is -2.26. The van der Waals surface area contributed by atoms with Gasteiger partial charge < -0.3 is 4.90 Å². The summed E-state index contributed by atoms with van der Waals surface area (Å²) in [6.07, 6.45) is 3.18. The summed E-state index contributed by atoms with van der Waals surface area (Å²) in [6.45, 7) is 3.27. The average Bonchev–Trinajstić information content (AvgIpc) is 2.65. The fraction of sp³-hybridized carbons (Fsp3) is 0.316. The molecule has 1 aliphatic rings. The second-order valence-electron chi connectivity index (χ2n) is 6.40. The van der Waals surface area contributed by atoms with E-state index in [2.05, 4.69) is 4.72 Å². The quantitative estimate of drug-likeness (QED) is 0.852. The second-order valence-corrected chi connectivity index (χ2v) is 8.48. The maximum absolute atomic E-state index is 12.6. The Bertz CT molecular complexity index is 905. The standard InChI is InChI=1S/C19H21ClN2O3S/c1-14-17(20)6-5-7-18(14)21-26(24,25)16-10-8-15(9-11-16)19(23)22-12-3-2-4-13-22/h5-11,21H,2-4,12-13H2,1H3. The molecule has 0 aliphatic carbocycles. The van der Waals surface area contributed by atoms with E-state index in [0.29, 0.717) is 21.8 Å². The van der Waals surface area contributed by atoms with Crippen LogP contribution in [0.15, 0.2) is 47.4 Å². The van der Waals surface area contributed by atoms with Crippen molar-refractivity contribution in [1.82, 2.24) is 4.90 Å². The third-order valence-electron chi connectivity index (χ3n) is 4.57. The lowest BCUT2D eigenvalue weighted by atomic mass is 10.1. The molecule has 1 amide bonds. The molecule has 1 heterocycles. The number of anilines is 1. The molecule has 1 aliphatic heterocycles. The number of carbonyl (C=O) groups is 1. The van der Waals surface area contributed by atoms with Crippen LogP contribution >= 0.6 is 11.6 Å². The lowest BCUT2D eigenvalue weighted by Crippen LogP contribution is -2.35. The maximum atomic E-state index is 12.6. The van der Waals surface area contributed by atoms with Crippen LogP contribution in [-0.2, 0) is 10.0 Å². The number of halogens is 1. The molecule has 2 aromatic carbocycles. The van der Waals surface area contributed by atoms with Crippen LogP contribution in [0, 0.1) is 6.92 Å². The fourth-order valence-corrected chi connectivity index (χ4v) is 4.28. The molecular formula is C19H21ClN2O3S. The van der Waals surface area contributed by atoms with Crippen LogP contribution in [0.3, 0.4) is 0 Å². The van der Waals surface area contributed by atoms with E-state index in [-0.39, 0.29) is 10.8 Å². The van der Waals surface area contributed by atoms with Gasteiger partial charge in [-0.15, -0.1) is 0 Å². The normalized spacial score (nSPS) is 14.9. The maximum Gasteiger partial charge on any atom is 0.261 e. The van der Waals surface area contributed by atoms with Gasteiger partial charge in [-0.3, -0.25) is 9.52 Å². The first-order valence-electron chi connectivity index (χ1n) is 8.56. The molecule has 1 fully saturated rings. The molecule has 138 valence electrons. The highest BCUT2D eigenvalue weighted by molar-refractivity contribution is 7.92. The Morgan fingerprint density at radius 2 is 1.69 bits per heavy atom. The summed E-state index contributed by atoms with van der Waals surface area (Å²) in [6, 6.07) is 11.1. The first kappa shape index (κ1) is 18.7. The number of benzene rings is 2. The topological polar surface area (TPSA) is 66.5 Å². The fourth-order valence-electron chi connectivity index (χ4n) is 2.98. The van der Waals surface area contributed by atoms with Gasteiger partial charge in [-0.25, -0.2) is 8.42 Å². The highest BCUT2D eigenvalue weighted by Crippen LogP contribution is 2.25. The first-order chi connectivity index (χ1) is 12.4. The molecule has 0 aromatic heterocycles. The van der Waals surface area contributed by atoms with Crippen molar-refractivity contribution in [1.29, 1.82) is 0 Å². The molecule has 0 radical (unpaired) electrons. The number of sulfonamides is 1. The number of likely N-dealkylation sites (tertiary alicyclic amines) is 1. The van der Waals surface area contributed by atoms with Gasteiger partial charge in [0.2, 0.25) is 0 Å². The zero-order valence-corrected chi connectivity index (χ0v) is 16.1. The zero-order valence-electron chi connectivity index (χ0n) is 14.5. The highest BCUT2D eigenvalue weighted by atomic mass is 35.5. The van der Waals surface area contributed by atoms with E-state index in [0.717, 1.165) is 32.4 Å². The number of carbonyl (C=O) groups excluding carboxylic acids is 1. The van der Waals surface area contributed by atoms with Crippen LogP contribution < -0.4 is 4.72 Å². The number of nitrogens with one attached hydrogen (secondary N) is 1. The van der Waals surface area contributed by atoms with E-state index < -0.39 is 10.0 Å². The summed E-state index contributed by atoms with van der Waals surface area (Å²) < 4.78 is 27.7. The van der Waals surface area contributed by atoms with Gasteiger partial charge in [-0.05, 0) is 68.1 Å². The predicted octanol–water partition coefficient (Wildman–Crippen LogP) is 4.08. The molecular weight excluding hydrogens is 372 g/mol. The van der Waals surface area contributed by atoms with Crippen LogP contribution in [0.25, 0.3) is 0 Å². The van der Waals surface area contributed by atoms with E-state index in [1.165, 1.54) is 12.1 Å². The molecule has 3 rings (SSSR count). The van der Waals surface area contributed by atoms with E-state index in [9.17, 15) is 13.2 Å². The molecule has 0 unspecified atom stereocenters. The molecule has 2 aromatic rings. The molecule has 0 atom stereocenters. The molecule has 0 saturated carbocycles. The Labute approximate surface area is 159 Å². The number of nitrogens with zero attached hydrogens (tertiary/aromatic N) is 1. The molecule has 1 N–H and O–H groups in total. The predicted molar refractivity (Wildman–Crippen MR) is 103 cm³/mol. The minimum atomic E-state index is -3.75. The first-order valence-corrected chi connectivity index (χ1v) is 10.4. The monoisotopic (exact) mass is 392 g/mol. The van der Waals surface area contributed by atoms with Gasteiger partial charge in [-0.1, -0.05) is 17.7 Å². The van der Waals surface area contributed by atoms with Crippen molar-refractivity contribution in [3.05, 3.63) is 58.6 Å². The number of hydrogen-bond acceptors (Lipinski definition) is 3. The van der Waals surface area contributed by atoms with Crippen molar-refractivity contribution in [3.63, 3.8) is 0 Å². The molecule has 0 spiro atoms. The Morgan fingerprint density at radius 3 is 2.35 bits per heavy atom. The van der Waals surface area contributed by atoms with Crippen LogP contribution in [0.5, 0.6) is 0 Å². The zero-order chi connectivity index (χ0) is 18.7. The third kappa shape index (κ3) is 4.02. The van der Waals surface area contributed by atoms with Gasteiger partial charge in [0.1, 0.15) is 0 Å². The Kier molecular flexibility index (Phi) is 5.53. The van der Waals surface area contributed by atoms with Crippen molar-refractivity contribution >= 4 is 33.2 Å². The molecule has 1 saturated heterocycles. The minimum absolute atomic E-state index is 0.0488.